The van der Waals surface area contributed by atoms with Gasteiger partial charge >= 0.3 is 0 Å². The van der Waals surface area contributed by atoms with Crippen LogP contribution in [0.25, 0.3) is 0 Å². The molecule has 156 valence electrons. The molecule has 1 atom stereocenters. The van der Waals surface area contributed by atoms with Gasteiger partial charge in [0, 0.05) is 4.90 Å². The molecule has 3 heteroatoms. The van der Waals surface area contributed by atoms with Crippen LogP contribution in [0, 0.1) is 18.3 Å². The summed E-state index contributed by atoms with van der Waals surface area (Å²) >= 11 is 1.86. The maximum absolute atomic E-state index is 9.14. The summed E-state index contributed by atoms with van der Waals surface area (Å²) < 4.78 is 0. The van der Waals surface area contributed by atoms with Gasteiger partial charge in [0.2, 0.25) is 0 Å². The van der Waals surface area contributed by atoms with E-state index in [9.17, 15) is 0 Å². The van der Waals surface area contributed by atoms with Crippen LogP contribution >= 0.6 is 11.8 Å². The van der Waals surface area contributed by atoms with Crippen molar-refractivity contribution in [3.63, 3.8) is 0 Å². The molecular weight excluding hydrogens is 414 g/mol. The van der Waals surface area contributed by atoms with E-state index in [4.69, 9.17) is 5.26 Å². The fourth-order valence-electron chi connectivity index (χ4n) is 3.21. The summed E-state index contributed by atoms with van der Waals surface area (Å²) in [6, 6.07) is 28.0. The van der Waals surface area contributed by atoms with Crippen LogP contribution in [0.2, 0.25) is 0 Å². The second-order valence-corrected chi connectivity index (χ2v) is 10.2. The van der Waals surface area contributed by atoms with Crippen LogP contribution < -0.4 is 0 Å². The Bertz CT molecular complexity index is 1070. The molecule has 1 unspecified atom stereocenters. The van der Waals surface area contributed by atoms with Crippen molar-refractivity contribution in [2.75, 3.05) is 0 Å². The van der Waals surface area contributed by atoms with Crippen molar-refractivity contribution < 1.29 is 0 Å². The Hall–Kier alpha value is -2.67. The van der Waals surface area contributed by atoms with Gasteiger partial charge in [-0.3, -0.25) is 0 Å². The average molecular weight is 443 g/mol. The van der Waals surface area contributed by atoms with Crippen molar-refractivity contribution in [2.24, 2.45) is 0 Å². The zero-order chi connectivity index (χ0) is 22.1. The SMILES string of the molecule is CC.Cc1ccc([S+](c2ccc(C#N)cc2)c2ccc(SC3=CC=CCC3)cc2)cc1. The highest BCUT2D eigenvalue weighted by atomic mass is 32.2. The van der Waals surface area contributed by atoms with Crippen molar-refractivity contribution in [3.8, 4) is 6.07 Å². The molecule has 1 nitrogen and oxygen atoms in total. The molecule has 0 aliphatic heterocycles. The Morgan fingerprint density at radius 2 is 1.35 bits per heavy atom. The van der Waals surface area contributed by atoms with Crippen LogP contribution in [-0.4, -0.2) is 0 Å². The lowest BCUT2D eigenvalue weighted by atomic mass is 10.2. The molecule has 0 spiro atoms. The van der Waals surface area contributed by atoms with Gasteiger partial charge in [0.05, 0.1) is 22.5 Å². The summed E-state index contributed by atoms with van der Waals surface area (Å²) in [6.45, 7) is 6.12. The molecule has 0 saturated carbocycles. The molecule has 3 aromatic carbocycles. The number of aryl methyl sites for hydroxylation is 1. The van der Waals surface area contributed by atoms with Gasteiger partial charge in [-0.1, -0.05) is 61.5 Å². The summed E-state index contributed by atoms with van der Waals surface area (Å²) in [7, 11) is -0.193. The van der Waals surface area contributed by atoms with Gasteiger partial charge in [0.15, 0.2) is 14.7 Å². The number of allylic oxidation sites excluding steroid dienone is 4. The van der Waals surface area contributed by atoms with E-state index in [1.54, 1.807) is 0 Å². The topological polar surface area (TPSA) is 23.8 Å². The van der Waals surface area contributed by atoms with Crippen molar-refractivity contribution in [1.82, 2.24) is 0 Å². The van der Waals surface area contributed by atoms with E-state index >= 15 is 0 Å². The van der Waals surface area contributed by atoms with Crippen LogP contribution in [0.4, 0.5) is 0 Å². The maximum atomic E-state index is 9.14. The average Bonchev–Trinajstić information content (AvgIpc) is 2.84. The monoisotopic (exact) mass is 442 g/mol. The van der Waals surface area contributed by atoms with Crippen molar-refractivity contribution in [1.29, 1.82) is 5.26 Å². The predicted molar refractivity (Wildman–Crippen MR) is 135 cm³/mol. The molecule has 4 rings (SSSR count). The lowest BCUT2D eigenvalue weighted by molar-refractivity contribution is 1.02. The second-order valence-electron chi connectivity index (χ2n) is 6.93. The smallest absolute Gasteiger partial charge is 0.166 e. The lowest BCUT2D eigenvalue weighted by Crippen LogP contribution is -2.05. The minimum absolute atomic E-state index is 0.193. The highest BCUT2D eigenvalue weighted by Crippen LogP contribution is 2.35. The molecule has 0 bridgehead atoms. The Balaban J connectivity index is 0.00000132. The summed E-state index contributed by atoms with van der Waals surface area (Å²) in [5, 5.41) is 9.14. The van der Waals surface area contributed by atoms with Gasteiger partial charge in [-0.25, -0.2) is 0 Å². The minimum atomic E-state index is -0.193. The third kappa shape index (κ3) is 6.17. The number of hydrogen-bond acceptors (Lipinski definition) is 2. The molecule has 0 fully saturated rings. The first-order chi connectivity index (χ1) is 15.2. The van der Waals surface area contributed by atoms with Gasteiger partial charge in [0.1, 0.15) is 0 Å². The third-order valence-corrected chi connectivity index (χ3v) is 8.10. The molecular formula is C28H28NS2+. The van der Waals surface area contributed by atoms with E-state index < -0.39 is 0 Å². The minimum Gasteiger partial charge on any atom is -0.192 e. The molecule has 0 saturated heterocycles. The van der Waals surface area contributed by atoms with E-state index in [2.05, 4.69) is 91.9 Å². The quantitative estimate of drug-likeness (QED) is 0.371. The molecule has 31 heavy (non-hydrogen) atoms. The lowest BCUT2D eigenvalue weighted by Gasteiger charge is -2.11. The number of benzene rings is 3. The van der Waals surface area contributed by atoms with Gasteiger partial charge in [-0.15, -0.1) is 0 Å². The van der Waals surface area contributed by atoms with Crippen molar-refractivity contribution >= 4 is 22.7 Å². The fourth-order valence-corrected chi connectivity index (χ4v) is 6.19. The number of nitrogens with zero attached hydrogens (tertiary/aromatic N) is 1. The van der Waals surface area contributed by atoms with E-state index in [1.807, 2.05) is 37.7 Å². The zero-order valence-corrected chi connectivity index (χ0v) is 20.0. The van der Waals surface area contributed by atoms with E-state index in [1.165, 1.54) is 30.1 Å². The standard InChI is InChI=1S/C26H22NS2.C2H6/c1-20-7-13-24(14-8-20)29(25-15-9-21(19-27)10-16-25)26-17-11-23(12-18-26)28-22-5-3-2-4-6-22;1-2/h2-3,5,7-18H,4,6H2,1H3;1-2H3/q+1;. The van der Waals surface area contributed by atoms with Gasteiger partial charge in [-0.2, -0.15) is 5.26 Å². The zero-order valence-electron chi connectivity index (χ0n) is 18.3. The van der Waals surface area contributed by atoms with Crippen LogP contribution in [0.3, 0.4) is 0 Å². The van der Waals surface area contributed by atoms with E-state index in [0.29, 0.717) is 5.56 Å². The normalized spacial score (nSPS) is 13.4. The maximum Gasteiger partial charge on any atom is 0.166 e. The first-order valence-electron chi connectivity index (χ1n) is 10.7. The number of rotatable bonds is 5. The molecule has 1 aliphatic carbocycles. The van der Waals surface area contributed by atoms with Crippen LogP contribution in [0.5, 0.6) is 0 Å². The number of hydrogen-bond donors (Lipinski definition) is 0. The van der Waals surface area contributed by atoms with Crippen LogP contribution in [-0.2, 0) is 10.9 Å². The van der Waals surface area contributed by atoms with Gasteiger partial charge < -0.3 is 0 Å². The van der Waals surface area contributed by atoms with Gasteiger partial charge in [-0.05, 0) is 85.3 Å². The Labute approximate surface area is 193 Å². The van der Waals surface area contributed by atoms with Crippen LogP contribution in [0.1, 0.15) is 37.8 Å². The van der Waals surface area contributed by atoms with Crippen LogP contribution in [0.15, 0.2) is 116 Å². The van der Waals surface area contributed by atoms with Gasteiger partial charge in [0.25, 0.3) is 0 Å². The third-order valence-electron chi connectivity index (χ3n) is 4.76. The van der Waals surface area contributed by atoms with Crippen molar-refractivity contribution in [3.05, 3.63) is 107 Å². The van der Waals surface area contributed by atoms with E-state index in [-0.39, 0.29) is 10.9 Å². The molecule has 0 aromatic heterocycles. The van der Waals surface area contributed by atoms with E-state index in [0.717, 1.165) is 12.8 Å². The highest BCUT2D eigenvalue weighted by Gasteiger charge is 2.28. The summed E-state index contributed by atoms with van der Waals surface area (Å²) in [5.41, 5.74) is 1.96. The molecule has 0 radical (unpaired) electrons. The number of nitriles is 1. The Morgan fingerprint density at radius 1 is 0.806 bits per heavy atom. The predicted octanol–water partition coefficient (Wildman–Crippen LogP) is 8.31. The van der Waals surface area contributed by atoms with Crippen molar-refractivity contribution in [2.45, 2.75) is 53.2 Å². The first-order valence-corrected chi connectivity index (χ1v) is 12.7. The first kappa shape index (κ1) is 23.0. The molecule has 3 aromatic rings. The fraction of sp³-hybridized carbons (Fsp3) is 0.179. The molecule has 1 aliphatic rings. The summed E-state index contributed by atoms with van der Waals surface area (Å²) in [4.78, 5) is 6.52. The Kier molecular flexibility index (Phi) is 8.64. The Morgan fingerprint density at radius 3 is 1.87 bits per heavy atom. The molecule has 0 amide bonds. The second kappa shape index (κ2) is 11.6. The summed E-state index contributed by atoms with van der Waals surface area (Å²) in [6.07, 6.45) is 8.85. The molecule has 0 N–H and O–H groups in total. The summed E-state index contributed by atoms with van der Waals surface area (Å²) in [5.74, 6) is 0. The highest BCUT2D eigenvalue weighted by molar-refractivity contribution is 8.03. The molecule has 0 heterocycles. The number of thioether (sulfide) groups is 1. The largest absolute Gasteiger partial charge is 0.192 e.